The molecule has 2 aliphatic rings. The molecule has 7 rings (SSSR count). The Balaban J connectivity index is 0.000000142. The lowest BCUT2D eigenvalue weighted by Crippen LogP contribution is -2.11. The van der Waals surface area contributed by atoms with E-state index in [1.165, 1.54) is 5.56 Å². The number of benzene rings is 2. The summed E-state index contributed by atoms with van der Waals surface area (Å²) in [6.07, 6.45) is 9.90. The Labute approximate surface area is 219 Å². The fraction of sp³-hybridized carbons (Fsp3) is 0.179. The zero-order valence-corrected chi connectivity index (χ0v) is 20.8. The van der Waals surface area contributed by atoms with Gasteiger partial charge in [0.2, 0.25) is 0 Å². The minimum atomic E-state index is 0.587. The first-order chi connectivity index (χ1) is 18.6. The monoisotopic (exact) mass is 500 g/mol. The van der Waals surface area contributed by atoms with Crippen LogP contribution in [-0.4, -0.2) is 38.9 Å². The first kappa shape index (κ1) is 23.1. The summed E-state index contributed by atoms with van der Waals surface area (Å²) in [5.41, 5.74) is 7.57. The highest BCUT2D eigenvalue weighted by Crippen LogP contribution is 2.27. The third-order valence-corrected chi connectivity index (χ3v) is 6.76. The molecule has 0 atom stereocenters. The number of aromatic nitrogens is 6. The molecule has 0 unspecified atom stereocenters. The van der Waals surface area contributed by atoms with Crippen molar-refractivity contribution in [2.75, 3.05) is 0 Å². The number of fused-ring (bicyclic) bond motifs is 2. The summed E-state index contributed by atoms with van der Waals surface area (Å²) in [7, 11) is 0. The number of hydrogen-bond acceptors (Lipinski definition) is 7. The van der Waals surface area contributed by atoms with Gasteiger partial charge in [0.15, 0.2) is 18.2 Å². The van der Waals surface area contributed by atoms with Crippen LogP contribution in [0.5, 0.6) is 0 Å². The van der Waals surface area contributed by atoms with E-state index in [0.29, 0.717) is 26.2 Å². The van der Waals surface area contributed by atoms with E-state index in [9.17, 15) is 0 Å². The highest BCUT2D eigenvalue weighted by atomic mass is 15.4. The summed E-state index contributed by atoms with van der Waals surface area (Å²) in [4.78, 5) is 7.88. The van der Waals surface area contributed by atoms with E-state index in [-0.39, 0.29) is 0 Å². The second-order valence-corrected chi connectivity index (χ2v) is 9.17. The fourth-order valence-corrected chi connectivity index (χ4v) is 4.84. The molecule has 10 heteroatoms. The maximum atomic E-state index is 9.00. The number of rotatable bonds is 3. The molecular weight excluding hydrogens is 476 g/mol. The highest BCUT2D eigenvalue weighted by molar-refractivity contribution is 5.40. The van der Waals surface area contributed by atoms with Gasteiger partial charge in [-0.15, -0.1) is 0 Å². The number of nitrogens with zero attached hydrogens (tertiary/aromatic N) is 10. The van der Waals surface area contributed by atoms with Gasteiger partial charge in [-0.05, 0) is 31.2 Å². The van der Waals surface area contributed by atoms with Gasteiger partial charge in [0, 0.05) is 16.8 Å². The zero-order chi connectivity index (χ0) is 26.1. The van der Waals surface area contributed by atoms with E-state index >= 15 is 0 Å². The maximum absolute atomic E-state index is 9.00. The molecule has 0 saturated heterocycles. The highest BCUT2D eigenvalue weighted by Gasteiger charge is 2.26. The average molecular weight is 501 g/mol. The summed E-state index contributed by atoms with van der Waals surface area (Å²) in [6, 6.07) is 20.1. The molecule has 10 nitrogen and oxygen atoms in total. The van der Waals surface area contributed by atoms with Crippen LogP contribution in [0.15, 0.2) is 79.4 Å². The van der Waals surface area contributed by atoms with Gasteiger partial charge in [-0.1, -0.05) is 36.4 Å². The normalized spacial score (nSPS) is 13.3. The van der Waals surface area contributed by atoms with Gasteiger partial charge in [0.1, 0.15) is 6.33 Å². The van der Waals surface area contributed by atoms with Crippen LogP contribution in [0.25, 0.3) is 17.2 Å². The SMILES string of the molecule is Cc1nn(-c2ccccc2)c2c1CN(C#N)C2.N#CN1Cc2cnn(-c3cn(-c4ccccc4)cn3)c2C1. The summed E-state index contributed by atoms with van der Waals surface area (Å²) < 4.78 is 5.72. The fourth-order valence-electron chi connectivity index (χ4n) is 4.84. The van der Waals surface area contributed by atoms with Crippen LogP contribution in [0.1, 0.15) is 28.2 Å². The number of hydrogen-bond donors (Lipinski definition) is 0. The van der Waals surface area contributed by atoms with Crippen LogP contribution in [0.2, 0.25) is 0 Å². The van der Waals surface area contributed by atoms with Crippen molar-refractivity contribution in [2.45, 2.75) is 33.1 Å². The summed E-state index contributed by atoms with van der Waals surface area (Å²) in [5.74, 6) is 0.764. The molecule has 0 radical (unpaired) electrons. The Bertz CT molecular complexity index is 1660. The van der Waals surface area contributed by atoms with Crippen LogP contribution >= 0.6 is 0 Å². The van der Waals surface area contributed by atoms with Crippen molar-refractivity contribution in [1.29, 1.82) is 10.5 Å². The molecule has 5 heterocycles. The van der Waals surface area contributed by atoms with Gasteiger partial charge in [0.25, 0.3) is 0 Å². The van der Waals surface area contributed by atoms with Crippen molar-refractivity contribution in [3.63, 3.8) is 0 Å². The Hall–Kier alpha value is -5.35. The lowest BCUT2D eigenvalue weighted by atomic mass is 10.2. The van der Waals surface area contributed by atoms with Crippen molar-refractivity contribution in [1.82, 2.24) is 38.9 Å². The lowest BCUT2D eigenvalue weighted by Gasteiger charge is -2.08. The number of nitriles is 2. The molecule has 0 fully saturated rings. The van der Waals surface area contributed by atoms with Crippen molar-refractivity contribution < 1.29 is 0 Å². The Morgan fingerprint density at radius 3 is 2.13 bits per heavy atom. The zero-order valence-electron chi connectivity index (χ0n) is 20.8. The standard InChI is InChI=1S/C15H12N6.C13H12N4/c16-10-19-7-12-6-18-21(14(12)8-19)15-9-20(11-17-15)13-4-2-1-3-5-13;1-10-12-7-16(9-14)8-13(12)17(15-10)11-5-3-2-4-6-11/h1-6,9,11H,7-8H2;2-6H,7-8H2,1H3. The van der Waals surface area contributed by atoms with Crippen LogP contribution in [-0.2, 0) is 26.2 Å². The maximum Gasteiger partial charge on any atom is 0.180 e. The van der Waals surface area contributed by atoms with Gasteiger partial charge in [-0.25, -0.2) is 14.3 Å². The summed E-state index contributed by atoms with van der Waals surface area (Å²) in [6.45, 7) is 4.56. The topological polar surface area (TPSA) is 108 Å². The van der Waals surface area contributed by atoms with E-state index in [2.05, 4.69) is 27.6 Å². The Morgan fingerprint density at radius 2 is 1.42 bits per heavy atom. The van der Waals surface area contributed by atoms with E-state index in [1.54, 1.807) is 16.1 Å². The van der Waals surface area contributed by atoms with Crippen LogP contribution in [0.3, 0.4) is 0 Å². The van der Waals surface area contributed by atoms with Gasteiger partial charge < -0.3 is 14.4 Å². The number of imidazole rings is 1. The van der Waals surface area contributed by atoms with Gasteiger partial charge in [-0.2, -0.15) is 20.7 Å². The van der Waals surface area contributed by atoms with E-state index in [0.717, 1.165) is 39.8 Å². The quantitative estimate of drug-likeness (QED) is 0.347. The molecule has 38 heavy (non-hydrogen) atoms. The van der Waals surface area contributed by atoms with Gasteiger partial charge in [0.05, 0.1) is 61.3 Å². The van der Waals surface area contributed by atoms with E-state index in [4.69, 9.17) is 10.5 Å². The summed E-state index contributed by atoms with van der Waals surface area (Å²) in [5, 5.41) is 26.9. The third-order valence-electron chi connectivity index (χ3n) is 6.76. The molecule has 0 aliphatic carbocycles. The molecule has 0 N–H and O–H groups in total. The second kappa shape index (κ2) is 9.60. The second-order valence-electron chi connectivity index (χ2n) is 9.17. The van der Waals surface area contributed by atoms with E-state index < -0.39 is 0 Å². The van der Waals surface area contributed by atoms with Crippen molar-refractivity contribution in [2.24, 2.45) is 0 Å². The first-order valence-electron chi connectivity index (χ1n) is 12.2. The van der Waals surface area contributed by atoms with Crippen molar-refractivity contribution in [3.05, 3.63) is 108 Å². The molecule has 0 saturated carbocycles. The van der Waals surface area contributed by atoms with Crippen LogP contribution in [0.4, 0.5) is 0 Å². The lowest BCUT2D eigenvalue weighted by molar-refractivity contribution is 0.407. The van der Waals surface area contributed by atoms with Crippen LogP contribution in [0, 0.1) is 29.8 Å². The smallest absolute Gasteiger partial charge is 0.180 e. The van der Waals surface area contributed by atoms with Gasteiger partial charge in [-0.3, -0.25) is 0 Å². The van der Waals surface area contributed by atoms with Crippen molar-refractivity contribution >= 4 is 0 Å². The molecule has 2 aliphatic heterocycles. The van der Waals surface area contributed by atoms with Crippen LogP contribution < -0.4 is 0 Å². The minimum absolute atomic E-state index is 0.587. The predicted molar refractivity (Wildman–Crippen MR) is 139 cm³/mol. The summed E-state index contributed by atoms with van der Waals surface area (Å²) >= 11 is 0. The molecule has 0 spiro atoms. The largest absolute Gasteiger partial charge is 0.304 e. The number of aryl methyl sites for hydroxylation is 1. The molecule has 186 valence electrons. The number of para-hydroxylation sites is 2. The average Bonchev–Trinajstić information content (AvgIpc) is 3.78. The molecular formula is C28H24N10. The molecule has 0 bridgehead atoms. The molecule has 0 amide bonds. The van der Waals surface area contributed by atoms with Crippen molar-refractivity contribution in [3.8, 4) is 29.6 Å². The third kappa shape index (κ3) is 4.14. The minimum Gasteiger partial charge on any atom is -0.304 e. The Kier molecular flexibility index (Phi) is 5.83. The molecule has 3 aromatic heterocycles. The van der Waals surface area contributed by atoms with Gasteiger partial charge >= 0.3 is 0 Å². The van der Waals surface area contributed by atoms with E-state index in [1.807, 2.05) is 93.9 Å². The Morgan fingerprint density at radius 1 is 0.763 bits per heavy atom. The first-order valence-corrected chi connectivity index (χ1v) is 12.2. The molecule has 5 aromatic rings. The predicted octanol–water partition coefficient (Wildman–Crippen LogP) is 3.83. The molecule has 2 aromatic carbocycles.